The molecule has 5 heteroatoms. The number of carboxylic acid groups (broad SMARTS) is 1. The Hall–Kier alpha value is -2.43. The largest absolute Gasteiger partial charge is 0.478 e. The number of nitrogens with zero attached hydrogens (tertiary/aromatic N) is 1. The van der Waals surface area contributed by atoms with Crippen LogP contribution in [0.2, 0.25) is 0 Å². The third-order valence-electron chi connectivity index (χ3n) is 2.68. The number of hydrogen-bond donors (Lipinski definition) is 2. The quantitative estimate of drug-likeness (QED) is 0.808. The number of carbonyl (C=O) groups is 1. The average molecular weight is 246 g/mol. The van der Waals surface area contributed by atoms with Gasteiger partial charge in [-0.05, 0) is 30.3 Å². The predicted molar refractivity (Wildman–Crippen MR) is 68.6 cm³/mol. The Morgan fingerprint density at radius 1 is 1.44 bits per heavy atom. The van der Waals surface area contributed by atoms with Gasteiger partial charge < -0.3 is 20.2 Å². The zero-order valence-electron chi connectivity index (χ0n) is 9.96. The molecule has 0 unspecified atom stereocenters. The lowest BCUT2D eigenvalue weighted by Crippen LogP contribution is -2.16. The van der Waals surface area contributed by atoms with Gasteiger partial charge in [0, 0.05) is 18.4 Å². The summed E-state index contributed by atoms with van der Waals surface area (Å²) < 4.78 is 5.24. The van der Waals surface area contributed by atoms with E-state index in [1.807, 2.05) is 24.1 Å². The molecule has 2 aromatic rings. The van der Waals surface area contributed by atoms with Crippen molar-refractivity contribution in [3.05, 3.63) is 47.9 Å². The Balaban J connectivity index is 2.22. The number of aromatic carboxylic acids is 1. The zero-order valence-corrected chi connectivity index (χ0v) is 9.96. The van der Waals surface area contributed by atoms with E-state index in [0.29, 0.717) is 6.54 Å². The molecule has 0 atom stereocenters. The van der Waals surface area contributed by atoms with Crippen LogP contribution >= 0.6 is 0 Å². The monoisotopic (exact) mass is 246 g/mol. The van der Waals surface area contributed by atoms with Crippen molar-refractivity contribution in [3.63, 3.8) is 0 Å². The summed E-state index contributed by atoms with van der Waals surface area (Å²) in [5, 5.41) is 9.01. The number of nitrogens with two attached hydrogens (primary N) is 1. The van der Waals surface area contributed by atoms with Crippen LogP contribution in [0, 0.1) is 0 Å². The van der Waals surface area contributed by atoms with Crippen molar-refractivity contribution in [3.8, 4) is 0 Å². The van der Waals surface area contributed by atoms with E-state index in [4.69, 9.17) is 15.3 Å². The highest BCUT2D eigenvalue weighted by Crippen LogP contribution is 2.22. The first-order chi connectivity index (χ1) is 8.58. The number of benzene rings is 1. The standard InChI is InChI=1S/C13H14N2O3/c1-15(8-10-3-2-6-18-10)9-4-5-12(14)11(7-9)13(16)17/h2-7H,8,14H2,1H3,(H,16,17). The molecule has 0 aliphatic rings. The number of hydrogen-bond acceptors (Lipinski definition) is 4. The summed E-state index contributed by atoms with van der Waals surface area (Å²) in [7, 11) is 1.86. The van der Waals surface area contributed by atoms with E-state index < -0.39 is 5.97 Å². The highest BCUT2D eigenvalue weighted by Gasteiger charge is 2.11. The second-order valence-electron chi connectivity index (χ2n) is 4.01. The third kappa shape index (κ3) is 2.45. The molecular formula is C13H14N2O3. The fraction of sp³-hybridized carbons (Fsp3) is 0.154. The van der Waals surface area contributed by atoms with E-state index in [1.54, 1.807) is 24.5 Å². The Kier molecular flexibility index (Phi) is 3.23. The van der Waals surface area contributed by atoms with E-state index >= 15 is 0 Å². The molecule has 3 N–H and O–H groups in total. The molecule has 0 saturated heterocycles. The lowest BCUT2D eigenvalue weighted by molar-refractivity contribution is 0.0698. The molecule has 1 aromatic heterocycles. The number of nitrogen functional groups attached to an aromatic ring is 1. The molecule has 2 rings (SSSR count). The highest BCUT2D eigenvalue weighted by molar-refractivity contribution is 5.94. The van der Waals surface area contributed by atoms with Crippen molar-refractivity contribution in [2.45, 2.75) is 6.54 Å². The second-order valence-corrected chi connectivity index (χ2v) is 4.01. The maximum absolute atomic E-state index is 11.0. The smallest absolute Gasteiger partial charge is 0.337 e. The number of anilines is 2. The molecule has 0 radical (unpaired) electrons. The van der Waals surface area contributed by atoms with Gasteiger partial charge in [0.1, 0.15) is 5.76 Å². The second kappa shape index (κ2) is 4.83. The number of furan rings is 1. The topological polar surface area (TPSA) is 79.7 Å². The SMILES string of the molecule is CN(Cc1ccco1)c1ccc(N)c(C(=O)O)c1. The first kappa shape index (κ1) is 12.0. The van der Waals surface area contributed by atoms with Crippen molar-refractivity contribution in [1.29, 1.82) is 0 Å². The van der Waals surface area contributed by atoms with Crippen molar-refractivity contribution < 1.29 is 14.3 Å². The van der Waals surface area contributed by atoms with E-state index in [1.165, 1.54) is 0 Å². The first-order valence-electron chi connectivity index (χ1n) is 5.44. The summed E-state index contributed by atoms with van der Waals surface area (Å²) in [5.74, 6) is -0.216. The van der Waals surface area contributed by atoms with Gasteiger partial charge in [-0.2, -0.15) is 0 Å². The zero-order chi connectivity index (χ0) is 13.1. The summed E-state index contributed by atoms with van der Waals surface area (Å²) in [6.45, 7) is 0.565. The van der Waals surface area contributed by atoms with Crippen molar-refractivity contribution in [2.75, 3.05) is 17.7 Å². The minimum absolute atomic E-state index is 0.110. The van der Waals surface area contributed by atoms with Gasteiger partial charge in [-0.3, -0.25) is 0 Å². The molecule has 0 amide bonds. The van der Waals surface area contributed by atoms with Gasteiger partial charge in [-0.25, -0.2) is 4.79 Å². The van der Waals surface area contributed by atoms with Crippen molar-refractivity contribution in [1.82, 2.24) is 0 Å². The van der Waals surface area contributed by atoms with Gasteiger partial charge in [0.25, 0.3) is 0 Å². The first-order valence-corrected chi connectivity index (χ1v) is 5.44. The molecule has 0 bridgehead atoms. The molecule has 0 aliphatic heterocycles. The summed E-state index contributed by atoms with van der Waals surface area (Å²) >= 11 is 0. The van der Waals surface area contributed by atoms with Crippen LogP contribution in [0.4, 0.5) is 11.4 Å². The van der Waals surface area contributed by atoms with E-state index in [2.05, 4.69) is 0 Å². The van der Waals surface area contributed by atoms with Crippen molar-refractivity contribution in [2.24, 2.45) is 0 Å². The van der Waals surface area contributed by atoms with Gasteiger partial charge in [0.05, 0.1) is 18.4 Å². The summed E-state index contributed by atoms with van der Waals surface area (Å²) in [6.07, 6.45) is 1.61. The van der Waals surface area contributed by atoms with Crippen LogP contribution in [0.25, 0.3) is 0 Å². The van der Waals surface area contributed by atoms with Crippen molar-refractivity contribution >= 4 is 17.3 Å². The van der Waals surface area contributed by atoms with Gasteiger partial charge in [0.15, 0.2) is 0 Å². The molecule has 0 aliphatic carbocycles. The molecular weight excluding hydrogens is 232 g/mol. The average Bonchev–Trinajstić information content (AvgIpc) is 2.81. The normalized spacial score (nSPS) is 10.3. The fourth-order valence-corrected chi connectivity index (χ4v) is 1.69. The van der Waals surface area contributed by atoms with Gasteiger partial charge in [-0.1, -0.05) is 0 Å². The fourth-order valence-electron chi connectivity index (χ4n) is 1.69. The minimum atomic E-state index is -1.03. The van der Waals surface area contributed by atoms with Crippen LogP contribution in [-0.4, -0.2) is 18.1 Å². The maximum atomic E-state index is 11.0. The van der Waals surface area contributed by atoms with E-state index in [0.717, 1.165) is 11.4 Å². The Bertz CT molecular complexity index is 549. The number of rotatable bonds is 4. The lowest BCUT2D eigenvalue weighted by atomic mass is 10.1. The molecule has 0 saturated carbocycles. The molecule has 18 heavy (non-hydrogen) atoms. The Morgan fingerprint density at radius 2 is 2.22 bits per heavy atom. The third-order valence-corrected chi connectivity index (χ3v) is 2.68. The van der Waals surface area contributed by atoms with Crippen LogP contribution in [0.3, 0.4) is 0 Å². The Labute approximate surface area is 104 Å². The predicted octanol–water partition coefficient (Wildman–Crippen LogP) is 2.20. The summed E-state index contributed by atoms with van der Waals surface area (Å²) in [4.78, 5) is 12.9. The van der Waals surface area contributed by atoms with Gasteiger partial charge in [-0.15, -0.1) is 0 Å². The minimum Gasteiger partial charge on any atom is -0.478 e. The Morgan fingerprint density at radius 3 is 2.83 bits per heavy atom. The van der Waals surface area contributed by atoms with E-state index in [-0.39, 0.29) is 11.3 Å². The van der Waals surface area contributed by atoms with E-state index in [9.17, 15) is 4.79 Å². The van der Waals surface area contributed by atoms with Crippen LogP contribution in [0.15, 0.2) is 41.0 Å². The lowest BCUT2D eigenvalue weighted by Gasteiger charge is -2.18. The summed E-state index contributed by atoms with van der Waals surface area (Å²) in [5.41, 5.74) is 6.76. The van der Waals surface area contributed by atoms with Crippen LogP contribution in [0.5, 0.6) is 0 Å². The van der Waals surface area contributed by atoms with Crippen LogP contribution in [0.1, 0.15) is 16.1 Å². The molecule has 5 nitrogen and oxygen atoms in total. The maximum Gasteiger partial charge on any atom is 0.337 e. The molecule has 0 spiro atoms. The molecule has 1 aromatic carbocycles. The number of carboxylic acids is 1. The molecule has 0 fully saturated rings. The van der Waals surface area contributed by atoms with Gasteiger partial charge in [0.2, 0.25) is 0 Å². The van der Waals surface area contributed by atoms with Gasteiger partial charge >= 0.3 is 5.97 Å². The highest BCUT2D eigenvalue weighted by atomic mass is 16.4. The molecule has 94 valence electrons. The molecule has 1 heterocycles. The van der Waals surface area contributed by atoms with Crippen LogP contribution < -0.4 is 10.6 Å². The van der Waals surface area contributed by atoms with Crippen LogP contribution in [-0.2, 0) is 6.54 Å². The summed E-state index contributed by atoms with van der Waals surface area (Å²) in [6, 6.07) is 8.61.